The van der Waals surface area contributed by atoms with Crippen LogP contribution in [0.15, 0.2) is 41.0 Å². The van der Waals surface area contributed by atoms with Crippen molar-refractivity contribution in [1.29, 1.82) is 0 Å². The minimum atomic E-state index is -0.557. The summed E-state index contributed by atoms with van der Waals surface area (Å²) >= 11 is 12.2. The SMILES string of the molecule is CC(C)(C)c1cc(/C=C2\N=C(c3ccc(Cl)cc3Cl)OC2=O)cc(C(C)(C)C)c1O. The van der Waals surface area contributed by atoms with Gasteiger partial charge in [-0.15, -0.1) is 0 Å². The summed E-state index contributed by atoms with van der Waals surface area (Å²) < 4.78 is 5.34. The maximum atomic E-state index is 12.4. The average Bonchev–Trinajstić information content (AvgIpc) is 2.94. The van der Waals surface area contributed by atoms with Crippen LogP contribution in [0.25, 0.3) is 6.08 Å². The Hall–Kier alpha value is -2.30. The molecule has 2 aromatic carbocycles. The number of carbonyl (C=O) groups is 1. The van der Waals surface area contributed by atoms with Gasteiger partial charge in [0, 0.05) is 16.1 Å². The molecule has 1 heterocycles. The fourth-order valence-electron chi connectivity index (χ4n) is 3.23. The molecule has 158 valence electrons. The van der Waals surface area contributed by atoms with Crippen molar-refractivity contribution in [2.45, 2.75) is 52.4 Å². The number of phenolic OH excluding ortho intramolecular Hbond substituents is 1. The van der Waals surface area contributed by atoms with Gasteiger partial charge in [-0.1, -0.05) is 64.7 Å². The molecular formula is C24H25Cl2NO3. The van der Waals surface area contributed by atoms with Crippen molar-refractivity contribution in [1.82, 2.24) is 0 Å². The fourth-order valence-corrected chi connectivity index (χ4v) is 3.72. The lowest BCUT2D eigenvalue weighted by Crippen LogP contribution is -2.17. The average molecular weight is 446 g/mol. The number of rotatable bonds is 2. The van der Waals surface area contributed by atoms with E-state index in [-0.39, 0.29) is 28.2 Å². The van der Waals surface area contributed by atoms with E-state index in [0.717, 1.165) is 16.7 Å². The second-order valence-corrected chi connectivity index (χ2v) is 10.3. The number of halogens is 2. The molecule has 0 aromatic heterocycles. The van der Waals surface area contributed by atoms with Crippen LogP contribution in [0, 0.1) is 0 Å². The molecule has 30 heavy (non-hydrogen) atoms. The molecule has 0 spiro atoms. The van der Waals surface area contributed by atoms with E-state index in [2.05, 4.69) is 4.99 Å². The molecule has 0 bridgehead atoms. The number of esters is 1. The van der Waals surface area contributed by atoms with Gasteiger partial charge in [0.15, 0.2) is 5.70 Å². The molecule has 0 atom stereocenters. The predicted octanol–water partition coefficient (Wildman–Crippen LogP) is 6.64. The molecule has 1 N–H and O–H groups in total. The van der Waals surface area contributed by atoms with Crippen LogP contribution in [0.5, 0.6) is 5.75 Å². The molecule has 0 aliphatic carbocycles. The molecule has 0 amide bonds. The predicted molar refractivity (Wildman–Crippen MR) is 123 cm³/mol. The van der Waals surface area contributed by atoms with Gasteiger partial charge in [-0.05, 0) is 52.8 Å². The monoisotopic (exact) mass is 445 g/mol. The Morgan fingerprint density at radius 2 is 1.53 bits per heavy atom. The number of cyclic esters (lactones) is 1. The Bertz CT molecular complexity index is 1050. The zero-order valence-corrected chi connectivity index (χ0v) is 19.4. The highest BCUT2D eigenvalue weighted by atomic mass is 35.5. The Kier molecular flexibility index (Phi) is 5.78. The van der Waals surface area contributed by atoms with Crippen molar-refractivity contribution in [3.05, 3.63) is 68.3 Å². The van der Waals surface area contributed by atoms with Gasteiger partial charge in [-0.3, -0.25) is 0 Å². The molecule has 1 aliphatic heterocycles. The Balaban J connectivity index is 2.12. The molecule has 0 saturated carbocycles. The summed E-state index contributed by atoms with van der Waals surface area (Å²) in [6.07, 6.45) is 1.67. The Labute approximate surface area is 187 Å². The van der Waals surface area contributed by atoms with E-state index in [4.69, 9.17) is 27.9 Å². The number of hydrogen-bond donors (Lipinski definition) is 1. The highest BCUT2D eigenvalue weighted by Crippen LogP contribution is 2.40. The summed E-state index contributed by atoms with van der Waals surface area (Å²) in [5, 5.41) is 11.7. The van der Waals surface area contributed by atoms with E-state index in [1.165, 1.54) is 0 Å². The highest BCUT2D eigenvalue weighted by Gasteiger charge is 2.28. The maximum Gasteiger partial charge on any atom is 0.363 e. The first-order valence-electron chi connectivity index (χ1n) is 9.63. The van der Waals surface area contributed by atoms with Crippen LogP contribution >= 0.6 is 23.2 Å². The summed E-state index contributed by atoms with van der Waals surface area (Å²) in [4.78, 5) is 16.8. The van der Waals surface area contributed by atoms with E-state index in [1.54, 1.807) is 24.3 Å². The van der Waals surface area contributed by atoms with Crippen LogP contribution < -0.4 is 0 Å². The third kappa shape index (κ3) is 4.55. The van der Waals surface area contributed by atoms with E-state index in [0.29, 0.717) is 15.6 Å². The lowest BCUT2D eigenvalue weighted by Gasteiger charge is -2.27. The van der Waals surface area contributed by atoms with Crippen molar-refractivity contribution in [3.63, 3.8) is 0 Å². The summed E-state index contributed by atoms with van der Waals surface area (Å²) in [5.74, 6) is -0.138. The van der Waals surface area contributed by atoms with Crippen molar-refractivity contribution in [3.8, 4) is 5.75 Å². The van der Waals surface area contributed by atoms with Crippen LogP contribution in [-0.2, 0) is 20.4 Å². The van der Waals surface area contributed by atoms with E-state index in [1.807, 2.05) is 53.7 Å². The molecule has 1 aliphatic rings. The minimum Gasteiger partial charge on any atom is -0.507 e. The first-order chi connectivity index (χ1) is 13.8. The smallest absolute Gasteiger partial charge is 0.363 e. The molecule has 0 unspecified atom stereocenters. The minimum absolute atomic E-state index is 0.138. The van der Waals surface area contributed by atoms with Gasteiger partial charge in [0.2, 0.25) is 5.90 Å². The lowest BCUT2D eigenvalue weighted by atomic mass is 9.78. The summed E-state index contributed by atoms with van der Waals surface area (Å²) in [6.45, 7) is 12.2. The zero-order valence-electron chi connectivity index (χ0n) is 17.9. The maximum absolute atomic E-state index is 12.4. The van der Waals surface area contributed by atoms with Gasteiger partial charge in [0.1, 0.15) is 5.75 Å². The second-order valence-electron chi connectivity index (χ2n) is 9.42. The number of ether oxygens (including phenoxy) is 1. The van der Waals surface area contributed by atoms with Crippen molar-refractivity contribution in [2.75, 3.05) is 0 Å². The molecule has 2 aromatic rings. The van der Waals surface area contributed by atoms with Gasteiger partial charge in [0.25, 0.3) is 0 Å². The third-order valence-electron chi connectivity index (χ3n) is 4.83. The summed E-state index contributed by atoms with van der Waals surface area (Å²) in [7, 11) is 0. The molecule has 0 saturated heterocycles. The Morgan fingerprint density at radius 1 is 0.967 bits per heavy atom. The van der Waals surface area contributed by atoms with Crippen molar-refractivity contribution >= 4 is 41.1 Å². The van der Waals surface area contributed by atoms with Gasteiger partial charge >= 0.3 is 5.97 Å². The number of hydrogen-bond acceptors (Lipinski definition) is 4. The lowest BCUT2D eigenvalue weighted by molar-refractivity contribution is -0.129. The molecule has 3 rings (SSSR count). The first kappa shape index (κ1) is 22.4. The first-order valence-corrected chi connectivity index (χ1v) is 10.4. The van der Waals surface area contributed by atoms with E-state index in [9.17, 15) is 9.90 Å². The van der Waals surface area contributed by atoms with Gasteiger partial charge in [-0.2, -0.15) is 0 Å². The quantitative estimate of drug-likeness (QED) is 0.416. The van der Waals surface area contributed by atoms with E-state index >= 15 is 0 Å². The molecule has 6 heteroatoms. The number of aromatic hydroxyl groups is 1. The second kappa shape index (κ2) is 7.75. The van der Waals surface area contributed by atoms with Crippen LogP contribution in [0.2, 0.25) is 10.0 Å². The van der Waals surface area contributed by atoms with E-state index < -0.39 is 5.97 Å². The van der Waals surface area contributed by atoms with Crippen LogP contribution in [0.1, 0.15) is 63.8 Å². The standard InChI is InChI=1S/C24H25Cl2NO3/c1-23(2,3)16-9-13(10-17(20(16)28)24(4,5)6)11-19-22(29)30-21(27-19)15-8-7-14(25)12-18(15)26/h7-12,28H,1-6H3/b19-11-. The Morgan fingerprint density at radius 3 is 2.03 bits per heavy atom. The fraction of sp³-hybridized carbons (Fsp3) is 0.333. The summed E-state index contributed by atoms with van der Waals surface area (Å²) in [5.41, 5.74) is 2.48. The highest BCUT2D eigenvalue weighted by molar-refractivity contribution is 6.37. The van der Waals surface area contributed by atoms with Crippen LogP contribution in [0.4, 0.5) is 0 Å². The molecular weight excluding hydrogens is 421 g/mol. The summed E-state index contributed by atoms with van der Waals surface area (Å²) in [6, 6.07) is 8.66. The number of nitrogens with zero attached hydrogens (tertiary/aromatic N) is 1. The van der Waals surface area contributed by atoms with Crippen molar-refractivity contribution in [2.24, 2.45) is 4.99 Å². The molecule has 4 nitrogen and oxygen atoms in total. The topological polar surface area (TPSA) is 58.9 Å². The largest absolute Gasteiger partial charge is 0.507 e. The third-order valence-corrected chi connectivity index (χ3v) is 5.38. The normalized spacial score (nSPS) is 16.1. The molecule has 0 radical (unpaired) electrons. The molecule has 0 fully saturated rings. The number of aliphatic imine (C=N–C) groups is 1. The number of carbonyl (C=O) groups excluding carboxylic acids is 1. The van der Waals surface area contributed by atoms with Crippen LogP contribution in [-0.4, -0.2) is 17.0 Å². The van der Waals surface area contributed by atoms with Crippen molar-refractivity contribution < 1.29 is 14.6 Å². The van der Waals surface area contributed by atoms with Crippen LogP contribution in [0.3, 0.4) is 0 Å². The zero-order chi connectivity index (χ0) is 22.4. The number of phenols is 1. The number of benzene rings is 2. The van der Waals surface area contributed by atoms with Gasteiger partial charge < -0.3 is 9.84 Å². The van der Waals surface area contributed by atoms with Gasteiger partial charge in [0.05, 0.1) is 10.6 Å². The van der Waals surface area contributed by atoms with Gasteiger partial charge in [-0.25, -0.2) is 9.79 Å².